The fraction of sp³-hybridized carbons (Fsp3) is 0.318. The van der Waals surface area contributed by atoms with E-state index in [1.54, 1.807) is 6.20 Å². The molecule has 0 amide bonds. The van der Waals surface area contributed by atoms with Crippen LogP contribution in [-0.2, 0) is 0 Å². The average Bonchev–Trinajstić information content (AvgIpc) is 2.69. The molecule has 30 heavy (non-hydrogen) atoms. The van der Waals surface area contributed by atoms with Crippen LogP contribution < -0.4 is 11.1 Å². The first-order chi connectivity index (χ1) is 13.2. The highest BCUT2D eigenvalue weighted by atomic mass is 35.5. The molecule has 0 atom stereocenters. The van der Waals surface area contributed by atoms with E-state index in [9.17, 15) is 0 Å². The summed E-state index contributed by atoms with van der Waals surface area (Å²) >= 11 is 0. The van der Waals surface area contributed by atoms with Crippen molar-refractivity contribution in [3.63, 3.8) is 0 Å². The topological polar surface area (TPSA) is 76.7 Å². The summed E-state index contributed by atoms with van der Waals surface area (Å²) < 4.78 is 0. The minimum atomic E-state index is 0. The highest BCUT2D eigenvalue weighted by molar-refractivity contribution is 5.90. The lowest BCUT2D eigenvalue weighted by Crippen LogP contribution is -2.33. The third-order valence-corrected chi connectivity index (χ3v) is 5.07. The second kappa shape index (κ2) is 12.1. The molecule has 162 valence electrons. The summed E-state index contributed by atoms with van der Waals surface area (Å²) in [6, 6.07) is 12.9. The molecule has 0 unspecified atom stereocenters. The summed E-state index contributed by atoms with van der Waals surface area (Å²) in [5, 5.41) is 4.72. The van der Waals surface area contributed by atoms with Crippen LogP contribution >= 0.6 is 37.2 Å². The van der Waals surface area contributed by atoms with Gasteiger partial charge in [0, 0.05) is 23.7 Å². The van der Waals surface area contributed by atoms with Gasteiger partial charge < -0.3 is 11.1 Å². The van der Waals surface area contributed by atoms with Crippen molar-refractivity contribution in [2.75, 3.05) is 5.32 Å². The predicted octanol–water partition coefficient (Wildman–Crippen LogP) is 5.45. The van der Waals surface area contributed by atoms with E-state index in [1.165, 1.54) is 5.56 Å². The van der Waals surface area contributed by atoms with E-state index in [0.717, 1.165) is 48.1 Å². The van der Waals surface area contributed by atoms with E-state index in [2.05, 4.69) is 35.4 Å². The van der Waals surface area contributed by atoms with Gasteiger partial charge in [-0.3, -0.25) is 4.98 Å². The molecule has 2 heterocycles. The molecule has 3 aromatic rings. The zero-order valence-corrected chi connectivity index (χ0v) is 19.3. The van der Waals surface area contributed by atoms with Gasteiger partial charge in [-0.15, -0.1) is 37.2 Å². The Morgan fingerprint density at radius 3 is 2.43 bits per heavy atom. The van der Waals surface area contributed by atoms with Crippen LogP contribution in [0.2, 0.25) is 0 Å². The molecule has 4 rings (SSSR count). The Labute approximate surface area is 196 Å². The molecule has 0 spiro atoms. The van der Waals surface area contributed by atoms with Gasteiger partial charge in [0.15, 0.2) is 5.82 Å². The Bertz CT molecular complexity index is 958. The summed E-state index contributed by atoms with van der Waals surface area (Å²) in [7, 11) is 0. The summed E-state index contributed by atoms with van der Waals surface area (Å²) in [5.41, 5.74) is 9.10. The number of benzene rings is 1. The molecule has 1 saturated carbocycles. The number of aryl methyl sites for hydroxylation is 1. The second-order valence-corrected chi connectivity index (χ2v) is 7.29. The third kappa shape index (κ3) is 6.54. The summed E-state index contributed by atoms with van der Waals surface area (Å²) in [6.45, 7) is 2.09. The first kappa shape index (κ1) is 26.1. The van der Waals surface area contributed by atoms with Crippen molar-refractivity contribution in [2.45, 2.75) is 44.7 Å². The Morgan fingerprint density at radius 1 is 0.967 bits per heavy atom. The fourth-order valence-corrected chi connectivity index (χ4v) is 3.54. The first-order valence-electron chi connectivity index (χ1n) is 9.57. The number of hydrogen-bond acceptors (Lipinski definition) is 5. The van der Waals surface area contributed by atoms with Crippen LogP contribution in [-0.4, -0.2) is 27.0 Å². The van der Waals surface area contributed by atoms with Gasteiger partial charge in [-0.25, -0.2) is 9.97 Å². The number of nitrogens with two attached hydrogens (primary N) is 1. The summed E-state index contributed by atoms with van der Waals surface area (Å²) in [6.07, 6.45) is 9.93. The Kier molecular flexibility index (Phi) is 10.5. The molecule has 3 N–H and O–H groups in total. The van der Waals surface area contributed by atoms with E-state index in [0.29, 0.717) is 17.9 Å². The smallest absolute Gasteiger partial charge is 0.155 e. The molecule has 0 bridgehead atoms. The van der Waals surface area contributed by atoms with Gasteiger partial charge in [-0.2, -0.15) is 0 Å². The Morgan fingerprint density at radius 2 is 1.73 bits per heavy atom. The number of halogens is 3. The standard InChI is InChI=1S/C22H25N5.3ClH/c1-15-5-11-20-19(14-15)22(25-18-8-6-16(23)7-9-18)27-21(26-20)12-10-17-4-2-3-13-24-17;;;/h2-5,10-14,16,18H,6-9,23H2,1H3,(H,25,26,27);3*1H/b12-10+;;;. The van der Waals surface area contributed by atoms with Gasteiger partial charge >= 0.3 is 0 Å². The maximum absolute atomic E-state index is 6.05. The van der Waals surface area contributed by atoms with Gasteiger partial charge in [0.25, 0.3) is 0 Å². The number of hydrogen-bond donors (Lipinski definition) is 2. The predicted molar refractivity (Wildman–Crippen MR) is 133 cm³/mol. The largest absolute Gasteiger partial charge is 0.367 e. The van der Waals surface area contributed by atoms with Crippen LogP contribution in [0.15, 0.2) is 42.6 Å². The van der Waals surface area contributed by atoms with Crippen molar-refractivity contribution in [3.8, 4) is 0 Å². The van der Waals surface area contributed by atoms with Gasteiger partial charge in [-0.1, -0.05) is 17.7 Å². The number of nitrogens with zero attached hydrogens (tertiary/aromatic N) is 3. The van der Waals surface area contributed by atoms with Crippen molar-refractivity contribution in [1.82, 2.24) is 15.0 Å². The van der Waals surface area contributed by atoms with Gasteiger partial charge in [0.2, 0.25) is 0 Å². The van der Waals surface area contributed by atoms with Crippen molar-refractivity contribution >= 4 is 66.1 Å². The van der Waals surface area contributed by atoms with Crippen molar-refractivity contribution in [1.29, 1.82) is 0 Å². The van der Waals surface area contributed by atoms with Crippen LogP contribution in [0.25, 0.3) is 23.1 Å². The third-order valence-electron chi connectivity index (χ3n) is 5.07. The molecule has 1 aliphatic carbocycles. The molecule has 8 heteroatoms. The minimum Gasteiger partial charge on any atom is -0.367 e. The van der Waals surface area contributed by atoms with Crippen molar-refractivity contribution in [3.05, 3.63) is 59.7 Å². The lowest BCUT2D eigenvalue weighted by Gasteiger charge is -2.27. The average molecular weight is 469 g/mol. The van der Waals surface area contributed by atoms with Crippen LogP contribution in [0, 0.1) is 6.92 Å². The maximum atomic E-state index is 6.05. The number of nitrogens with one attached hydrogen (secondary N) is 1. The van der Waals surface area contributed by atoms with E-state index in [1.807, 2.05) is 30.4 Å². The molecule has 5 nitrogen and oxygen atoms in total. The molecule has 2 aromatic heterocycles. The van der Waals surface area contributed by atoms with Crippen molar-refractivity contribution in [2.24, 2.45) is 5.73 Å². The molecular formula is C22H28Cl3N5. The van der Waals surface area contributed by atoms with Crippen LogP contribution in [0.5, 0.6) is 0 Å². The molecule has 0 aliphatic heterocycles. The minimum absolute atomic E-state index is 0. The van der Waals surface area contributed by atoms with E-state index < -0.39 is 0 Å². The fourth-order valence-electron chi connectivity index (χ4n) is 3.54. The number of pyridine rings is 1. The second-order valence-electron chi connectivity index (χ2n) is 7.29. The zero-order chi connectivity index (χ0) is 18.6. The first-order valence-corrected chi connectivity index (χ1v) is 9.57. The van der Waals surface area contributed by atoms with Gasteiger partial charge in [-0.05, 0) is 69.0 Å². The van der Waals surface area contributed by atoms with E-state index in [-0.39, 0.29) is 37.2 Å². The summed E-state index contributed by atoms with van der Waals surface area (Å²) in [5.74, 6) is 1.59. The maximum Gasteiger partial charge on any atom is 0.155 e. The number of aromatic nitrogens is 3. The molecule has 1 aliphatic rings. The lowest BCUT2D eigenvalue weighted by atomic mass is 9.92. The zero-order valence-electron chi connectivity index (χ0n) is 16.8. The Hall–Kier alpha value is -1.92. The molecule has 0 saturated heterocycles. The SMILES string of the molecule is Cc1ccc2nc(/C=C/c3ccccn3)nc(NC3CCC(N)CC3)c2c1.Cl.Cl.Cl. The highest BCUT2D eigenvalue weighted by Gasteiger charge is 2.19. The van der Waals surface area contributed by atoms with Crippen molar-refractivity contribution < 1.29 is 0 Å². The Balaban J connectivity index is 0.00000150. The van der Waals surface area contributed by atoms with Gasteiger partial charge in [0.05, 0.1) is 11.2 Å². The van der Waals surface area contributed by atoms with Gasteiger partial charge in [0.1, 0.15) is 5.82 Å². The molecular weight excluding hydrogens is 441 g/mol. The monoisotopic (exact) mass is 467 g/mol. The number of fused-ring (bicyclic) bond motifs is 1. The van der Waals surface area contributed by atoms with E-state index in [4.69, 9.17) is 15.7 Å². The molecule has 0 radical (unpaired) electrons. The highest BCUT2D eigenvalue weighted by Crippen LogP contribution is 2.26. The molecule has 1 fully saturated rings. The lowest BCUT2D eigenvalue weighted by molar-refractivity contribution is 0.410. The number of anilines is 1. The number of rotatable bonds is 4. The molecule has 1 aromatic carbocycles. The van der Waals surface area contributed by atoms with Crippen LogP contribution in [0.4, 0.5) is 5.82 Å². The van der Waals surface area contributed by atoms with Crippen LogP contribution in [0.3, 0.4) is 0 Å². The normalized spacial score (nSPS) is 18.2. The van der Waals surface area contributed by atoms with E-state index >= 15 is 0 Å². The summed E-state index contributed by atoms with van der Waals surface area (Å²) in [4.78, 5) is 13.8. The van der Waals surface area contributed by atoms with Crippen LogP contribution in [0.1, 0.15) is 42.8 Å². The quantitative estimate of drug-likeness (QED) is 0.532.